The summed E-state index contributed by atoms with van der Waals surface area (Å²) in [4.78, 5) is 25.3. The van der Waals surface area contributed by atoms with Gasteiger partial charge >= 0.3 is 0 Å². The Morgan fingerprint density at radius 1 is 1.12 bits per heavy atom. The Morgan fingerprint density at radius 2 is 1.69 bits per heavy atom. The molecule has 90 valence electrons. The van der Waals surface area contributed by atoms with Crippen LogP contribution in [0, 0.1) is 5.92 Å². The highest BCUT2D eigenvalue weighted by molar-refractivity contribution is 5.98. The molecule has 1 heterocycles. The third kappa shape index (κ3) is 2.12. The van der Waals surface area contributed by atoms with E-state index in [4.69, 9.17) is 5.73 Å². The fourth-order valence-electron chi connectivity index (χ4n) is 2.83. The number of carbonyl (C=O) groups is 2. The maximum absolute atomic E-state index is 11.9. The summed E-state index contributed by atoms with van der Waals surface area (Å²) in [7, 11) is 0. The van der Waals surface area contributed by atoms with E-state index in [1.54, 1.807) is 0 Å². The average Bonchev–Trinajstić information content (AvgIpc) is 2.19. The van der Waals surface area contributed by atoms with Crippen molar-refractivity contribution in [1.29, 1.82) is 0 Å². The van der Waals surface area contributed by atoms with Crippen LogP contribution >= 0.6 is 0 Å². The lowest BCUT2D eigenvalue weighted by molar-refractivity contribution is -0.153. The van der Waals surface area contributed by atoms with Crippen LogP contribution in [0.5, 0.6) is 0 Å². The van der Waals surface area contributed by atoms with Crippen LogP contribution < -0.4 is 5.73 Å². The largest absolute Gasteiger partial charge is 0.326 e. The molecule has 0 aromatic carbocycles. The first-order valence-electron chi connectivity index (χ1n) is 6.20. The minimum atomic E-state index is -0.0405. The third-order valence-electron chi connectivity index (χ3n) is 3.70. The maximum Gasteiger partial charge on any atom is 0.229 e. The molecule has 0 spiro atoms. The van der Waals surface area contributed by atoms with Gasteiger partial charge in [-0.2, -0.15) is 0 Å². The fraction of sp³-hybridized carbons (Fsp3) is 0.833. The molecule has 16 heavy (non-hydrogen) atoms. The van der Waals surface area contributed by atoms with Gasteiger partial charge in [0.1, 0.15) is 0 Å². The summed E-state index contributed by atoms with van der Waals surface area (Å²) in [6.45, 7) is 1.95. The van der Waals surface area contributed by atoms with Gasteiger partial charge in [-0.15, -0.1) is 0 Å². The normalized spacial score (nSPS) is 33.2. The molecule has 2 aliphatic rings. The van der Waals surface area contributed by atoms with E-state index in [1.807, 2.05) is 6.92 Å². The minimum Gasteiger partial charge on any atom is -0.326 e. The predicted octanol–water partition coefficient (Wildman–Crippen LogP) is 1.04. The van der Waals surface area contributed by atoms with Crippen molar-refractivity contribution in [2.24, 2.45) is 11.7 Å². The molecule has 1 saturated heterocycles. The van der Waals surface area contributed by atoms with Gasteiger partial charge in [-0.05, 0) is 18.8 Å². The lowest BCUT2D eigenvalue weighted by Crippen LogP contribution is -2.56. The van der Waals surface area contributed by atoms with E-state index in [1.165, 1.54) is 4.90 Å². The average molecular weight is 224 g/mol. The van der Waals surface area contributed by atoms with Crippen molar-refractivity contribution in [3.63, 3.8) is 0 Å². The van der Waals surface area contributed by atoms with E-state index in [0.717, 1.165) is 25.7 Å². The second kappa shape index (κ2) is 4.53. The summed E-state index contributed by atoms with van der Waals surface area (Å²) in [5.41, 5.74) is 6.02. The Labute approximate surface area is 96.2 Å². The molecule has 4 heteroatoms. The number of hydrogen-bond donors (Lipinski definition) is 1. The Kier molecular flexibility index (Phi) is 3.28. The van der Waals surface area contributed by atoms with E-state index in [0.29, 0.717) is 12.8 Å². The Bertz CT molecular complexity index is 285. The monoisotopic (exact) mass is 224 g/mol. The predicted molar refractivity (Wildman–Crippen MR) is 60.5 cm³/mol. The summed E-state index contributed by atoms with van der Waals surface area (Å²) < 4.78 is 0. The first kappa shape index (κ1) is 11.6. The molecule has 1 saturated carbocycles. The van der Waals surface area contributed by atoms with Crippen LogP contribution in [0.2, 0.25) is 0 Å². The number of nitrogens with two attached hydrogens (primary N) is 1. The van der Waals surface area contributed by atoms with Crippen LogP contribution in [0.15, 0.2) is 0 Å². The molecule has 2 amide bonds. The topological polar surface area (TPSA) is 63.4 Å². The van der Waals surface area contributed by atoms with Crippen molar-refractivity contribution in [3.8, 4) is 0 Å². The molecule has 2 fully saturated rings. The molecule has 2 rings (SSSR count). The van der Waals surface area contributed by atoms with Crippen LogP contribution in [0.25, 0.3) is 0 Å². The number of imide groups is 1. The van der Waals surface area contributed by atoms with Gasteiger partial charge in [-0.25, -0.2) is 0 Å². The lowest BCUT2D eigenvalue weighted by atomic mass is 9.87. The molecule has 4 nitrogen and oxygen atoms in total. The van der Waals surface area contributed by atoms with Crippen molar-refractivity contribution < 1.29 is 9.59 Å². The molecule has 1 aliphatic carbocycles. The second-order valence-corrected chi connectivity index (χ2v) is 5.19. The molecular formula is C12H20N2O2. The van der Waals surface area contributed by atoms with Crippen molar-refractivity contribution in [3.05, 3.63) is 0 Å². The quantitative estimate of drug-likeness (QED) is 0.677. The Hall–Kier alpha value is -0.900. The summed E-state index contributed by atoms with van der Waals surface area (Å²) >= 11 is 0. The first-order chi connectivity index (χ1) is 7.59. The highest BCUT2D eigenvalue weighted by Gasteiger charge is 2.38. The van der Waals surface area contributed by atoms with Gasteiger partial charge < -0.3 is 5.73 Å². The van der Waals surface area contributed by atoms with Gasteiger partial charge in [0.05, 0.1) is 6.04 Å². The number of carbonyl (C=O) groups excluding carboxylic acids is 2. The standard InChI is InChI=1S/C12H20N2O2/c1-8-6-11(15)14(12(16)7-8)10-5-3-2-4-9(10)13/h8-10H,2-7,13H2,1H3/t9-,10-/m1/s1. The van der Waals surface area contributed by atoms with E-state index >= 15 is 0 Å². The second-order valence-electron chi connectivity index (χ2n) is 5.19. The number of amides is 2. The molecule has 0 bridgehead atoms. The first-order valence-corrected chi connectivity index (χ1v) is 6.20. The van der Waals surface area contributed by atoms with Crippen molar-refractivity contribution in [2.75, 3.05) is 0 Å². The van der Waals surface area contributed by atoms with E-state index in [2.05, 4.69) is 0 Å². The third-order valence-corrected chi connectivity index (χ3v) is 3.70. The van der Waals surface area contributed by atoms with Gasteiger partial charge in [0, 0.05) is 18.9 Å². The molecular weight excluding hydrogens is 204 g/mol. The van der Waals surface area contributed by atoms with E-state index < -0.39 is 0 Å². The number of rotatable bonds is 1. The summed E-state index contributed by atoms with van der Waals surface area (Å²) in [6.07, 6.45) is 4.99. The van der Waals surface area contributed by atoms with Gasteiger partial charge in [-0.3, -0.25) is 14.5 Å². The van der Waals surface area contributed by atoms with Gasteiger partial charge in [0.2, 0.25) is 11.8 Å². The van der Waals surface area contributed by atoms with Gasteiger partial charge in [0.25, 0.3) is 0 Å². The van der Waals surface area contributed by atoms with Crippen LogP contribution in [-0.4, -0.2) is 28.8 Å². The fourth-order valence-corrected chi connectivity index (χ4v) is 2.83. The Balaban J connectivity index is 2.12. The van der Waals surface area contributed by atoms with E-state index in [9.17, 15) is 9.59 Å². The molecule has 0 radical (unpaired) electrons. The number of likely N-dealkylation sites (tertiary alicyclic amines) is 1. The zero-order valence-corrected chi connectivity index (χ0v) is 9.82. The van der Waals surface area contributed by atoms with Crippen molar-refractivity contribution in [2.45, 2.75) is 57.5 Å². The highest BCUT2D eigenvalue weighted by Crippen LogP contribution is 2.27. The zero-order chi connectivity index (χ0) is 11.7. The van der Waals surface area contributed by atoms with E-state index in [-0.39, 0.29) is 29.8 Å². The SMILES string of the molecule is CC1CC(=O)N([C@@H]2CCCC[C@H]2N)C(=O)C1. The van der Waals surface area contributed by atoms with Crippen molar-refractivity contribution in [1.82, 2.24) is 4.90 Å². The van der Waals surface area contributed by atoms with Crippen LogP contribution in [0.3, 0.4) is 0 Å². The number of piperidine rings is 1. The Morgan fingerprint density at radius 3 is 2.25 bits per heavy atom. The molecule has 0 aromatic heterocycles. The van der Waals surface area contributed by atoms with Gasteiger partial charge in [-0.1, -0.05) is 19.8 Å². The maximum atomic E-state index is 11.9. The molecule has 0 unspecified atom stereocenters. The molecule has 2 N–H and O–H groups in total. The smallest absolute Gasteiger partial charge is 0.229 e. The molecule has 0 aromatic rings. The van der Waals surface area contributed by atoms with Crippen LogP contribution in [0.4, 0.5) is 0 Å². The zero-order valence-electron chi connectivity index (χ0n) is 9.82. The number of hydrogen-bond acceptors (Lipinski definition) is 3. The highest BCUT2D eigenvalue weighted by atomic mass is 16.2. The van der Waals surface area contributed by atoms with Crippen molar-refractivity contribution >= 4 is 11.8 Å². The number of nitrogens with zero attached hydrogens (tertiary/aromatic N) is 1. The minimum absolute atomic E-state index is 0.0185. The summed E-state index contributed by atoms with van der Waals surface area (Å²) in [5, 5.41) is 0. The van der Waals surface area contributed by atoms with Crippen LogP contribution in [0.1, 0.15) is 45.4 Å². The van der Waals surface area contributed by atoms with Gasteiger partial charge in [0.15, 0.2) is 0 Å². The molecule has 1 aliphatic heterocycles. The molecule has 2 atom stereocenters. The summed E-state index contributed by atoms with van der Waals surface area (Å²) in [5.74, 6) is 0.147. The van der Waals surface area contributed by atoms with Crippen LogP contribution in [-0.2, 0) is 9.59 Å². The lowest BCUT2D eigenvalue weighted by Gasteiger charge is -2.40. The summed E-state index contributed by atoms with van der Waals surface area (Å²) in [6, 6.07) is -0.0590.